The third-order valence-electron chi connectivity index (χ3n) is 3.29. The summed E-state index contributed by atoms with van der Waals surface area (Å²) in [5.41, 5.74) is 5.71. The Labute approximate surface area is 144 Å². The zero-order chi connectivity index (χ0) is 16.7. The second kappa shape index (κ2) is 8.48. The topological polar surface area (TPSA) is 50.7 Å². The highest BCUT2D eigenvalue weighted by atomic mass is 79.9. The van der Waals surface area contributed by atoms with Crippen molar-refractivity contribution in [2.45, 2.75) is 20.3 Å². The first-order valence-corrected chi connectivity index (χ1v) is 8.17. The van der Waals surface area contributed by atoms with E-state index in [0.717, 1.165) is 22.0 Å². The average Bonchev–Trinajstić information content (AvgIpc) is 2.56. The molecule has 0 aliphatic carbocycles. The van der Waals surface area contributed by atoms with Gasteiger partial charge in [-0.05, 0) is 48.2 Å². The number of benzene rings is 2. The van der Waals surface area contributed by atoms with Gasteiger partial charge in [-0.15, -0.1) is 0 Å². The first kappa shape index (κ1) is 17.2. The smallest absolute Gasteiger partial charge is 0.277 e. The van der Waals surface area contributed by atoms with E-state index < -0.39 is 0 Å². The molecular formula is C18H19BrN2O2. The predicted molar refractivity (Wildman–Crippen MR) is 95.9 cm³/mol. The second-order valence-electron chi connectivity index (χ2n) is 5.09. The lowest BCUT2D eigenvalue weighted by atomic mass is 10.1. The van der Waals surface area contributed by atoms with E-state index >= 15 is 0 Å². The molecule has 2 aromatic carbocycles. The Morgan fingerprint density at radius 1 is 1.26 bits per heavy atom. The minimum Gasteiger partial charge on any atom is -0.484 e. The number of aryl methyl sites for hydroxylation is 2. The molecule has 2 aromatic rings. The average molecular weight is 375 g/mol. The zero-order valence-corrected chi connectivity index (χ0v) is 14.8. The fourth-order valence-electron chi connectivity index (χ4n) is 1.91. The lowest BCUT2D eigenvalue weighted by molar-refractivity contribution is -0.123. The first-order chi connectivity index (χ1) is 11.1. The van der Waals surface area contributed by atoms with E-state index in [0.29, 0.717) is 5.75 Å². The van der Waals surface area contributed by atoms with Crippen molar-refractivity contribution >= 4 is 28.1 Å². The second-order valence-corrected chi connectivity index (χ2v) is 5.94. The quantitative estimate of drug-likeness (QED) is 0.616. The van der Waals surface area contributed by atoms with Gasteiger partial charge < -0.3 is 4.74 Å². The summed E-state index contributed by atoms with van der Waals surface area (Å²) in [4.78, 5) is 11.7. The summed E-state index contributed by atoms with van der Waals surface area (Å²) in [5, 5.41) is 3.93. The van der Waals surface area contributed by atoms with Gasteiger partial charge in [0.15, 0.2) is 6.61 Å². The van der Waals surface area contributed by atoms with Gasteiger partial charge in [-0.2, -0.15) is 5.10 Å². The first-order valence-electron chi connectivity index (χ1n) is 7.38. The van der Waals surface area contributed by atoms with Crippen LogP contribution in [0.4, 0.5) is 0 Å². The number of hydrazone groups is 1. The van der Waals surface area contributed by atoms with E-state index in [-0.39, 0.29) is 12.5 Å². The Morgan fingerprint density at radius 2 is 2.00 bits per heavy atom. The van der Waals surface area contributed by atoms with Crippen molar-refractivity contribution in [1.29, 1.82) is 0 Å². The van der Waals surface area contributed by atoms with Crippen LogP contribution in [0.15, 0.2) is 52.0 Å². The molecule has 0 bridgehead atoms. The molecule has 0 aliphatic rings. The minimum absolute atomic E-state index is 0.0762. The van der Waals surface area contributed by atoms with Crippen LogP contribution < -0.4 is 10.2 Å². The van der Waals surface area contributed by atoms with Gasteiger partial charge in [0, 0.05) is 4.47 Å². The molecule has 1 N–H and O–H groups in total. The van der Waals surface area contributed by atoms with Crippen molar-refractivity contribution in [3.8, 4) is 5.75 Å². The Bertz CT molecular complexity index is 697. The zero-order valence-electron chi connectivity index (χ0n) is 13.2. The van der Waals surface area contributed by atoms with Crippen molar-refractivity contribution in [3.05, 3.63) is 63.6 Å². The van der Waals surface area contributed by atoms with Crippen LogP contribution in [-0.2, 0) is 11.2 Å². The molecule has 0 atom stereocenters. The Kier molecular flexibility index (Phi) is 6.35. The van der Waals surface area contributed by atoms with Crippen molar-refractivity contribution in [1.82, 2.24) is 5.43 Å². The molecule has 0 saturated heterocycles. The van der Waals surface area contributed by atoms with Crippen LogP contribution in [0.1, 0.15) is 23.6 Å². The molecule has 4 nitrogen and oxygen atoms in total. The molecule has 0 aromatic heterocycles. The van der Waals surface area contributed by atoms with Gasteiger partial charge in [-0.1, -0.05) is 47.1 Å². The van der Waals surface area contributed by atoms with Crippen molar-refractivity contribution in [3.63, 3.8) is 0 Å². The number of nitrogens with one attached hydrogen (secondary N) is 1. The molecular weight excluding hydrogens is 356 g/mol. The Morgan fingerprint density at radius 3 is 2.65 bits per heavy atom. The Hall–Kier alpha value is -2.14. The van der Waals surface area contributed by atoms with E-state index in [1.165, 1.54) is 5.56 Å². The van der Waals surface area contributed by atoms with Gasteiger partial charge in [0.2, 0.25) is 0 Å². The summed E-state index contributed by atoms with van der Waals surface area (Å²) in [5.74, 6) is 0.354. The van der Waals surface area contributed by atoms with Crippen LogP contribution in [0.2, 0.25) is 0 Å². The van der Waals surface area contributed by atoms with Gasteiger partial charge in [0.1, 0.15) is 5.75 Å². The fourth-order valence-corrected chi connectivity index (χ4v) is 2.15. The number of hydrogen-bond acceptors (Lipinski definition) is 3. The van der Waals surface area contributed by atoms with Gasteiger partial charge in [-0.25, -0.2) is 5.43 Å². The molecule has 2 rings (SSSR count). The molecule has 5 heteroatoms. The molecule has 0 spiro atoms. The largest absolute Gasteiger partial charge is 0.484 e. The number of rotatable bonds is 6. The van der Waals surface area contributed by atoms with Crippen LogP contribution in [0.5, 0.6) is 5.75 Å². The fraction of sp³-hybridized carbons (Fsp3) is 0.222. The monoisotopic (exact) mass is 374 g/mol. The van der Waals surface area contributed by atoms with E-state index in [9.17, 15) is 4.79 Å². The van der Waals surface area contributed by atoms with Crippen molar-refractivity contribution in [2.24, 2.45) is 5.10 Å². The van der Waals surface area contributed by atoms with Gasteiger partial charge in [0.05, 0.1) is 6.21 Å². The lowest BCUT2D eigenvalue weighted by Gasteiger charge is -2.06. The number of amides is 1. The van der Waals surface area contributed by atoms with Crippen LogP contribution in [-0.4, -0.2) is 18.7 Å². The third kappa shape index (κ3) is 5.53. The molecule has 120 valence electrons. The molecule has 0 radical (unpaired) electrons. The molecule has 0 aliphatic heterocycles. The standard InChI is InChI=1S/C18H19BrN2O2/c1-3-14-4-6-15(7-5-14)11-20-21-18(22)12-23-16-8-9-17(19)13(2)10-16/h4-11H,3,12H2,1-2H3,(H,21,22)/b20-11+. The van der Waals surface area contributed by atoms with Crippen molar-refractivity contribution in [2.75, 3.05) is 6.61 Å². The highest BCUT2D eigenvalue weighted by molar-refractivity contribution is 9.10. The van der Waals surface area contributed by atoms with E-state index in [1.807, 2.05) is 49.4 Å². The molecule has 1 amide bonds. The summed E-state index contributed by atoms with van der Waals surface area (Å²) >= 11 is 3.42. The summed E-state index contributed by atoms with van der Waals surface area (Å²) in [6.07, 6.45) is 2.61. The van der Waals surface area contributed by atoms with Crippen LogP contribution in [0.25, 0.3) is 0 Å². The highest BCUT2D eigenvalue weighted by Crippen LogP contribution is 2.21. The van der Waals surface area contributed by atoms with Gasteiger partial charge in [0.25, 0.3) is 5.91 Å². The van der Waals surface area contributed by atoms with Gasteiger partial charge in [-0.3, -0.25) is 4.79 Å². The molecule has 23 heavy (non-hydrogen) atoms. The summed E-state index contributed by atoms with van der Waals surface area (Å²) in [7, 11) is 0. The molecule has 0 fully saturated rings. The molecule has 0 saturated carbocycles. The number of carbonyl (C=O) groups excluding carboxylic acids is 1. The van der Waals surface area contributed by atoms with Crippen molar-refractivity contribution < 1.29 is 9.53 Å². The number of ether oxygens (including phenoxy) is 1. The van der Waals surface area contributed by atoms with E-state index in [2.05, 4.69) is 33.4 Å². The Balaban J connectivity index is 1.79. The van der Waals surface area contributed by atoms with E-state index in [1.54, 1.807) is 6.21 Å². The summed E-state index contributed by atoms with van der Waals surface area (Å²) in [6, 6.07) is 13.6. The lowest BCUT2D eigenvalue weighted by Crippen LogP contribution is -2.24. The van der Waals surface area contributed by atoms with E-state index in [4.69, 9.17) is 4.74 Å². The van der Waals surface area contributed by atoms with Crippen LogP contribution in [0, 0.1) is 6.92 Å². The maximum absolute atomic E-state index is 11.7. The minimum atomic E-state index is -0.299. The number of nitrogens with zero attached hydrogens (tertiary/aromatic N) is 1. The predicted octanol–water partition coefficient (Wildman–Crippen LogP) is 3.85. The maximum Gasteiger partial charge on any atom is 0.277 e. The summed E-state index contributed by atoms with van der Waals surface area (Å²) in [6.45, 7) is 3.99. The molecule has 0 heterocycles. The highest BCUT2D eigenvalue weighted by Gasteiger charge is 2.03. The third-order valence-corrected chi connectivity index (χ3v) is 4.18. The number of carbonyl (C=O) groups is 1. The number of halogens is 1. The normalized spacial score (nSPS) is 10.7. The maximum atomic E-state index is 11.7. The number of hydrogen-bond donors (Lipinski definition) is 1. The van der Waals surface area contributed by atoms with Crippen LogP contribution >= 0.6 is 15.9 Å². The van der Waals surface area contributed by atoms with Gasteiger partial charge >= 0.3 is 0 Å². The SMILES string of the molecule is CCc1ccc(/C=N/NC(=O)COc2ccc(Br)c(C)c2)cc1. The molecule has 0 unspecified atom stereocenters. The van der Waals surface area contributed by atoms with Crippen LogP contribution in [0.3, 0.4) is 0 Å². The summed E-state index contributed by atoms with van der Waals surface area (Å²) < 4.78 is 6.44.